The highest BCUT2D eigenvalue weighted by atomic mass is 16.5. The highest BCUT2D eigenvalue weighted by Crippen LogP contribution is 2.23. The van der Waals surface area contributed by atoms with Gasteiger partial charge in [0.2, 0.25) is 0 Å². The molecule has 0 unspecified atom stereocenters. The SMILES string of the molecule is O=C(NC[C@@H]1CN2CCC[C@@H]2CO1)N1CC[C@@H](Cc2ccccc2)C1. The molecule has 3 aliphatic rings. The monoisotopic (exact) mass is 343 g/mol. The first-order valence-corrected chi connectivity index (χ1v) is 9.70. The number of likely N-dealkylation sites (tertiary alicyclic amines) is 1. The number of ether oxygens (including phenoxy) is 1. The molecule has 1 aromatic carbocycles. The van der Waals surface area contributed by atoms with Crippen LogP contribution in [0.15, 0.2) is 30.3 Å². The summed E-state index contributed by atoms with van der Waals surface area (Å²) in [5.74, 6) is 0.574. The topological polar surface area (TPSA) is 44.8 Å². The average Bonchev–Trinajstić information content (AvgIpc) is 3.29. The van der Waals surface area contributed by atoms with Crippen molar-refractivity contribution in [1.82, 2.24) is 15.1 Å². The summed E-state index contributed by atoms with van der Waals surface area (Å²) in [5, 5.41) is 3.09. The molecular formula is C20H29N3O2. The smallest absolute Gasteiger partial charge is 0.317 e. The van der Waals surface area contributed by atoms with Crippen LogP contribution in [0.4, 0.5) is 4.79 Å². The van der Waals surface area contributed by atoms with Gasteiger partial charge in [-0.2, -0.15) is 0 Å². The lowest BCUT2D eigenvalue weighted by atomic mass is 9.99. The van der Waals surface area contributed by atoms with Gasteiger partial charge in [-0.05, 0) is 43.7 Å². The molecule has 3 atom stereocenters. The summed E-state index contributed by atoms with van der Waals surface area (Å²) >= 11 is 0. The van der Waals surface area contributed by atoms with Gasteiger partial charge in [-0.25, -0.2) is 4.79 Å². The lowest BCUT2D eigenvalue weighted by Crippen LogP contribution is -2.51. The Hall–Kier alpha value is -1.59. The normalized spacial score (nSPS) is 29.6. The molecule has 25 heavy (non-hydrogen) atoms. The third-order valence-corrected chi connectivity index (χ3v) is 5.88. The fourth-order valence-corrected chi connectivity index (χ4v) is 4.45. The highest BCUT2D eigenvalue weighted by molar-refractivity contribution is 5.74. The third kappa shape index (κ3) is 4.15. The van der Waals surface area contributed by atoms with Crippen LogP contribution >= 0.6 is 0 Å². The number of hydrogen-bond acceptors (Lipinski definition) is 3. The second kappa shape index (κ2) is 7.75. The lowest BCUT2D eigenvalue weighted by Gasteiger charge is -2.35. The zero-order chi connectivity index (χ0) is 17.1. The van der Waals surface area contributed by atoms with E-state index in [0.29, 0.717) is 18.5 Å². The van der Waals surface area contributed by atoms with Crippen molar-refractivity contribution in [1.29, 1.82) is 0 Å². The van der Waals surface area contributed by atoms with E-state index < -0.39 is 0 Å². The number of nitrogens with zero attached hydrogens (tertiary/aromatic N) is 2. The molecule has 1 N–H and O–H groups in total. The van der Waals surface area contributed by atoms with Gasteiger partial charge in [0.05, 0.1) is 12.7 Å². The van der Waals surface area contributed by atoms with E-state index in [2.05, 4.69) is 40.5 Å². The minimum atomic E-state index is 0.0720. The van der Waals surface area contributed by atoms with E-state index in [1.807, 2.05) is 4.90 Å². The van der Waals surface area contributed by atoms with E-state index in [1.165, 1.54) is 24.9 Å². The Morgan fingerprint density at radius 1 is 1.16 bits per heavy atom. The zero-order valence-corrected chi connectivity index (χ0v) is 14.9. The number of rotatable bonds is 4. The van der Waals surface area contributed by atoms with Crippen LogP contribution in [0.1, 0.15) is 24.8 Å². The number of benzene rings is 1. The number of urea groups is 1. The fraction of sp³-hybridized carbons (Fsp3) is 0.650. The maximum atomic E-state index is 12.5. The molecule has 0 bridgehead atoms. The van der Waals surface area contributed by atoms with Gasteiger partial charge in [-0.1, -0.05) is 30.3 Å². The minimum absolute atomic E-state index is 0.0720. The van der Waals surface area contributed by atoms with Gasteiger partial charge < -0.3 is 15.0 Å². The molecular weight excluding hydrogens is 314 g/mol. The van der Waals surface area contributed by atoms with Crippen LogP contribution in [0.25, 0.3) is 0 Å². The van der Waals surface area contributed by atoms with E-state index in [-0.39, 0.29) is 12.1 Å². The van der Waals surface area contributed by atoms with E-state index in [4.69, 9.17) is 4.74 Å². The lowest BCUT2D eigenvalue weighted by molar-refractivity contribution is -0.0460. The molecule has 0 saturated carbocycles. The Labute approximate surface area is 150 Å². The Kier molecular flexibility index (Phi) is 5.22. The number of morpholine rings is 1. The Balaban J connectivity index is 1.20. The van der Waals surface area contributed by atoms with Crippen molar-refractivity contribution in [3.63, 3.8) is 0 Å². The van der Waals surface area contributed by atoms with Crippen molar-refractivity contribution >= 4 is 6.03 Å². The number of amides is 2. The largest absolute Gasteiger partial charge is 0.373 e. The van der Waals surface area contributed by atoms with Gasteiger partial charge in [-0.15, -0.1) is 0 Å². The molecule has 136 valence electrons. The molecule has 3 aliphatic heterocycles. The predicted molar refractivity (Wildman–Crippen MR) is 97.6 cm³/mol. The molecule has 5 nitrogen and oxygen atoms in total. The number of nitrogens with one attached hydrogen (secondary N) is 1. The molecule has 2 amide bonds. The summed E-state index contributed by atoms with van der Waals surface area (Å²) in [4.78, 5) is 16.9. The van der Waals surface area contributed by atoms with E-state index in [9.17, 15) is 4.79 Å². The second-order valence-corrected chi connectivity index (χ2v) is 7.72. The summed E-state index contributed by atoms with van der Waals surface area (Å²) in [6, 6.07) is 11.3. The van der Waals surface area contributed by atoms with Gasteiger partial charge in [-0.3, -0.25) is 4.90 Å². The number of hydrogen-bond donors (Lipinski definition) is 1. The minimum Gasteiger partial charge on any atom is -0.373 e. The van der Waals surface area contributed by atoms with Crippen molar-refractivity contribution in [2.24, 2.45) is 5.92 Å². The van der Waals surface area contributed by atoms with Crippen LogP contribution in [0.3, 0.4) is 0 Å². The van der Waals surface area contributed by atoms with Crippen LogP contribution in [0, 0.1) is 5.92 Å². The Morgan fingerprint density at radius 3 is 2.92 bits per heavy atom. The van der Waals surface area contributed by atoms with Crippen LogP contribution in [-0.4, -0.2) is 67.3 Å². The maximum absolute atomic E-state index is 12.5. The first kappa shape index (κ1) is 16.9. The highest BCUT2D eigenvalue weighted by Gasteiger charge is 2.33. The summed E-state index contributed by atoms with van der Waals surface area (Å²) in [6.45, 7) is 5.32. The standard InChI is InChI=1S/C20H29N3O2/c24-20(21-12-19-14-22-9-4-7-18(22)15-25-19)23-10-8-17(13-23)11-16-5-2-1-3-6-16/h1-3,5-6,17-19H,4,7-15H2,(H,21,24)/t17-,18+,19+/m0/s1. The third-order valence-electron chi connectivity index (χ3n) is 5.88. The van der Waals surface area contributed by atoms with Gasteiger partial charge in [0.25, 0.3) is 0 Å². The molecule has 0 radical (unpaired) electrons. The van der Waals surface area contributed by atoms with Crippen molar-refractivity contribution in [2.75, 3.05) is 39.3 Å². The van der Waals surface area contributed by atoms with E-state index in [1.54, 1.807) is 0 Å². The Bertz CT molecular complexity index is 580. The van der Waals surface area contributed by atoms with Gasteiger partial charge in [0.15, 0.2) is 0 Å². The number of fused-ring (bicyclic) bond motifs is 1. The Morgan fingerprint density at radius 2 is 2.04 bits per heavy atom. The quantitative estimate of drug-likeness (QED) is 0.911. The summed E-state index contributed by atoms with van der Waals surface area (Å²) in [6.07, 6.45) is 4.84. The number of carbonyl (C=O) groups excluding carboxylic acids is 1. The van der Waals surface area contributed by atoms with Crippen molar-refractivity contribution in [2.45, 2.75) is 37.8 Å². The molecule has 0 aliphatic carbocycles. The fourth-order valence-electron chi connectivity index (χ4n) is 4.45. The van der Waals surface area contributed by atoms with Gasteiger partial charge in [0.1, 0.15) is 0 Å². The van der Waals surface area contributed by atoms with Gasteiger partial charge >= 0.3 is 6.03 Å². The molecule has 1 aromatic rings. The van der Waals surface area contributed by atoms with Crippen LogP contribution in [0.5, 0.6) is 0 Å². The summed E-state index contributed by atoms with van der Waals surface area (Å²) in [5.41, 5.74) is 1.37. The first-order chi connectivity index (χ1) is 12.3. The van der Waals surface area contributed by atoms with Crippen LogP contribution in [-0.2, 0) is 11.2 Å². The van der Waals surface area contributed by atoms with Crippen molar-refractivity contribution in [3.8, 4) is 0 Å². The molecule has 3 saturated heterocycles. The molecule has 0 spiro atoms. The van der Waals surface area contributed by atoms with Crippen molar-refractivity contribution in [3.05, 3.63) is 35.9 Å². The first-order valence-electron chi connectivity index (χ1n) is 9.70. The van der Waals surface area contributed by atoms with Crippen molar-refractivity contribution < 1.29 is 9.53 Å². The zero-order valence-electron chi connectivity index (χ0n) is 14.9. The molecule has 3 fully saturated rings. The second-order valence-electron chi connectivity index (χ2n) is 7.72. The van der Waals surface area contributed by atoms with Gasteiger partial charge in [0, 0.05) is 32.2 Å². The van der Waals surface area contributed by atoms with E-state index in [0.717, 1.165) is 39.1 Å². The molecule has 0 aromatic heterocycles. The molecule has 3 heterocycles. The van der Waals surface area contributed by atoms with E-state index >= 15 is 0 Å². The summed E-state index contributed by atoms with van der Waals surface area (Å²) < 4.78 is 5.93. The average molecular weight is 343 g/mol. The number of carbonyl (C=O) groups is 1. The maximum Gasteiger partial charge on any atom is 0.317 e. The van der Waals surface area contributed by atoms with Crippen LogP contribution < -0.4 is 5.32 Å². The summed E-state index contributed by atoms with van der Waals surface area (Å²) in [7, 11) is 0. The molecule has 5 heteroatoms. The van der Waals surface area contributed by atoms with Crippen LogP contribution in [0.2, 0.25) is 0 Å². The predicted octanol–water partition coefficient (Wildman–Crippen LogP) is 2.12. The molecule has 4 rings (SSSR count).